The summed E-state index contributed by atoms with van der Waals surface area (Å²) in [6, 6.07) is 10.2. The van der Waals surface area contributed by atoms with Crippen LogP contribution in [0.4, 0.5) is 5.82 Å². The average molecular weight is 402 g/mol. The first-order chi connectivity index (χ1) is 14.8. The molecule has 4 aromatic rings. The second-order valence-electron chi connectivity index (χ2n) is 6.98. The maximum atomic E-state index is 5.66. The third-order valence-electron chi connectivity index (χ3n) is 5.14. The number of benzene rings is 1. The van der Waals surface area contributed by atoms with Crippen molar-refractivity contribution < 1.29 is 9.47 Å². The molecule has 8 nitrogen and oxygen atoms in total. The van der Waals surface area contributed by atoms with Crippen LogP contribution in [0.1, 0.15) is 6.92 Å². The number of nitrogens with zero attached hydrogens (tertiary/aromatic N) is 5. The highest BCUT2D eigenvalue weighted by Crippen LogP contribution is 2.33. The molecule has 1 aliphatic heterocycles. The van der Waals surface area contributed by atoms with Gasteiger partial charge >= 0.3 is 0 Å². The minimum atomic E-state index is 0.530. The van der Waals surface area contributed by atoms with Gasteiger partial charge in [-0.1, -0.05) is 6.07 Å². The van der Waals surface area contributed by atoms with Crippen molar-refractivity contribution >= 4 is 16.7 Å². The summed E-state index contributed by atoms with van der Waals surface area (Å²) < 4.78 is 11.1. The summed E-state index contributed by atoms with van der Waals surface area (Å²) in [7, 11) is 0. The van der Waals surface area contributed by atoms with Gasteiger partial charge in [-0.05, 0) is 31.2 Å². The predicted molar refractivity (Wildman–Crippen MR) is 115 cm³/mol. The molecule has 0 amide bonds. The number of ether oxygens (including phenoxy) is 2. The average Bonchev–Trinajstić information content (AvgIpc) is 3.24. The lowest BCUT2D eigenvalue weighted by atomic mass is 10.0. The van der Waals surface area contributed by atoms with E-state index in [-0.39, 0.29) is 0 Å². The van der Waals surface area contributed by atoms with E-state index in [2.05, 4.69) is 42.2 Å². The highest BCUT2D eigenvalue weighted by Gasteiger charge is 2.16. The molecule has 1 aliphatic rings. The zero-order chi connectivity index (χ0) is 20.3. The van der Waals surface area contributed by atoms with E-state index < -0.39 is 0 Å². The molecule has 4 heterocycles. The summed E-state index contributed by atoms with van der Waals surface area (Å²) in [6.07, 6.45) is 5.15. The number of nitrogens with one attached hydrogen (secondary N) is 1. The summed E-state index contributed by atoms with van der Waals surface area (Å²) >= 11 is 0. The van der Waals surface area contributed by atoms with E-state index in [1.54, 1.807) is 12.4 Å². The van der Waals surface area contributed by atoms with Gasteiger partial charge in [-0.3, -0.25) is 5.10 Å². The van der Waals surface area contributed by atoms with Crippen molar-refractivity contribution in [3.63, 3.8) is 0 Å². The zero-order valence-corrected chi connectivity index (χ0v) is 16.7. The molecule has 1 fully saturated rings. The molecule has 1 saturated heterocycles. The largest absolute Gasteiger partial charge is 0.476 e. The number of H-pyrrole nitrogens is 1. The third-order valence-corrected chi connectivity index (χ3v) is 5.14. The molecular formula is C22H22N6O2. The van der Waals surface area contributed by atoms with Crippen LogP contribution in [0.2, 0.25) is 0 Å². The summed E-state index contributed by atoms with van der Waals surface area (Å²) in [5.74, 6) is 1.47. The summed E-state index contributed by atoms with van der Waals surface area (Å²) in [5.41, 5.74) is 4.51. The van der Waals surface area contributed by atoms with Gasteiger partial charge in [0.15, 0.2) is 0 Å². The maximum Gasteiger partial charge on any atom is 0.240 e. The molecule has 0 unspecified atom stereocenters. The monoisotopic (exact) mass is 402 g/mol. The van der Waals surface area contributed by atoms with Gasteiger partial charge in [0.05, 0.1) is 25.3 Å². The molecule has 0 atom stereocenters. The van der Waals surface area contributed by atoms with Crippen molar-refractivity contribution in [2.24, 2.45) is 0 Å². The van der Waals surface area contributed by atoms with E-state index in [1.165, 1.54) is 0 Å². The highest BCUT2D eigenvalue weighted by molar-refractivity contribution is 5.96. The number of hydrogen-bond acceptors (Lipinski definition) is 7. The maximum absolute atomic E-state index is 5.66. The van der Waals surface area contributed by atoms with Crippen LogP contribution in [-0.4, -0.2) is 58.1 Å². The van der Waals surface area contributed by atoms with E-state index in [1.807, 2.05) is 31.3 Å². The normalized spacial score (nSPS) is 14.2. The first-order valence-electron chi connectivity index (χ1n) is 10.0. The molecule has 0 aliphatic carbocycles. The molecule has 8 heteroatoms. The minimum Gasteiger partial charge on any atom is -0.476 e. The van der Waals surface area contributed by atoms with E-state index in [0.717, 1.165) is 65.5 Å². The molecule has 0 spiro atoms. The summed E-state index contributed by atoms with van der Waals surface area (Å²) in [6.45, 7) is 5.60. The topological polar surface area (TPSA) is 89.1 Å². The van der Waals surface area contributed by atoms with Crippen LogP contribution in [-0.2, 0) is 4.74 Å². The predicted octanol–water partition coefficient (Wildman–Crippen LogP) is 3.32. The molecule has 5 rings (SSSR count). The molecule has 1 aromatic carbocycles. The summed E-state index contributed by atoms with van der Waals surface area (Å²) in [5, 5.41) is 8.73. The van der Waals surface area contributed by atoms with Gasteiger partial charge in [-0.25, -0.2) is 15.0 Å². The number of rotatable bonds is 5. The van der Waals surface area contributed by atoms with Gasteiger partial charge in [0, 0.05) is 48.2 Å². The molecular weight excluding hydrogens is 380 g/mol. The number of aromatic amines is 1. The molecule has 0 bridgehead atoms. The van der Waals surface area contributed by atoms with Crippen LogP contribution in [0, 0.1) is 0 Å². The Labute approximate surface area is 173 Å². The van der Waals surface area contributed by atoms with E-state index >= 15 is 0 Å². The van der Waals surface area contributed by atoms with Crippen LogP contribution in [0.15, 0.2) is 48.9 Å². The van der Waals surface area contributed by atoms with Crippen molar-refractivity contribution in [1.82, 2.24) is 25.1 Å². The highest BCUT2D eigenvalue weighted by atomic mass is 16.5. The van der Waals surface area contributed by atoms with E-state index in [0.29, 0.717) is 12.5 Å². The first-order valence-corrected chi connectivity index (χ1v) is 10.0. The summed E-state index contributed by atoms with van der Waals surface area (Å²) in [4.78, 5) is 15.6. The quantitative estimate of drug-likeness (QED) is 0.548. The van der Waals surface area contributed by atoms with Crippen LogP contribution in [0.25, 0.3) is 33.4 Å². The number of aromatic nitrogens is 5. The molecule has 1 N–H and O–H groups in total. The van der Waals surface area contributed by atoms with Gasteiger partial charge < -0.3 is 14.4 Å². The van der Waals surface area contributed by atoms with Crippen molar-refractivity contribution in [2.75, 3.05) is 37.8 Å². The Morgan fingerprint density at radius 1 is 0.967 bits per heavy atom. The lowest BCUT2D eigenvalue weighted by Crippen LogP contribution is -2.36. The fourth-order valence-corrected chi connectivity index (χ4v) is 3.68. The van der Waals surface area contributed by atoms with Crippen LogP contribution < -0.4 is 9.64 Å². The minimum absolute atomic E-state index is 0.530. The second kappa shape index (κ2) is 8.08. The fourth-order valence-electron chi connectivity index (χ4n) is 3.68. The molecule has 3 aromatic heterocycles. The number of pyridine rings is 1. The van der Waals surface area contributed by atoms with Gasteiger partial charge in [-0.15, -0.1) is 0 Å². The SMILES string of the molecule is CCOc1nccnc1-c1ccc2[nH]nc(-c3ccnc(N4CCOCC4)c3)c2c1. The van der Waals surface area contributed by atoms with E-state index in [9.17, 15) is 0 Å². The Balaban J connectivity index is 1.56. The zero-order valence-electron chi connectivity index (χ0n) is 16.7. The molecule has 0 radical (unpaired) electrons. The smallest absolute Gasteiger partial charge is 0.240 e. The van der Waals surface area contributed by atoms with Crippen molar-refractivity contribution in [1.29, 1.82) is 0 Å². The molecule has 152 valence electrons. The number of anilines is 1. The first kappa shape index (κ1) is 18.5. The number of fused-ring (bicyclic) bond motifs is 1. The Morgan fingerprint density at radius 3 is 2.67 bits per heavy atom. The fraction of sp³-hybridized carbons (Fsp3) is 0.273. The Hall–Kier alpha value is -3.52. The van der Waals surface area contributed by atoms with E-state index in [4.69, 9.17) is 9.47 Å². The standard InChI is InChI=1S/C22H22N6O2/c1-2-30-22-21(24-7-8-25-22)15-3-4-18-17(13-15)20(27-26-18)16-5-6-23-19(14-16)28-9-11-29-12-10-28/h3-8,13-14H,2,9-12H2,1H3,(H,26,27). The van der Waals surface area contributed by atoms with Gasteiger partial charge in [0.1, 0.15) is 17.2 Å². The van der Waals surface area contributed by atoms with Gasteiger partial charge in [-0.2, -0.15) is 5.10 Å². The Kier molecular flexibility index (Phi) is 4.98. The van der Waals surface area contributed by atoms with Crippen molar-refractivity contribution in [3.8, 4) is 28.4 Å². The van der Waals surface area contributed by atoms with Crippen LogP contribution in [0.5, 0.6) is 5.88 Å². The van der Waals surface area contributed by atoms with Crippen LogP contribution in [0.3, 0.4) is 0 Å². The van der Waals surface area contributed by atoms with Gasteiger partial charge in [0.2, 0.25) is 5.88 Å². The molecule has 30 heavy (non-hydrogen) atoms. The number of morpholine rings is 1. The van der Waals surface area contributed by atoms with Gasteiger partial charge in [0.25, 0.3) is 0 Å². The third kappa shape index (κ3) is 3.46. The van der Waals surface area contributed by atoms with Crippen molar-refractivity contribution in [2.45, 2.75) is 6.92 Å². The Morgan fingerprint density at radius 2 is 1.80 bits per heavy atom. The molecule has 0 saturated carbocycles. The Bertz CT molecular complexity index is 1170. The lowest BCUT2D eigenvalue weighted by molar-refractivity contribution is 0.122. The van der Waals surface area contributed by atoms with Crippen molar-refractivity contribution in [3.05, 3.63) is 48.9 Å². The lowest BCUT2D eigenvalue weighted by Gasteiger charge is -2.27. The second-order valence-corrected chi connectivity index (χ2v) is 6.98. The number of hydrogen-bond donors (Lipinski definition) is 1. The van der Waals surface area contributed by atoms with Crippen LogP contribution >= 0.6 is 0 Å².